The van der Waals surface area contributed by atoms with Crippen LogP contribution < -0.4 is 10.5 Å². The standard InChI is InChI=1S/C11H10Cl2N2O3S/c12-8-2-1-3-9(13)11(8)15-19(16,17)10-5-4-7(6-14)18-10/h1-5,15H,6,14H2. The van der Waals surface area contributed by atoms with E-state index in [9.17, 15) is 8.42 Å². The van der Waals surface area contributed by atoms with Crippen molar-refractivity contribution in [3.05, 3.63) is 46.1 Å². The van der Waals surface area contributed by atoms with Gasteiger partial charge in [0.25, 0.3) is 10.0 Å². The Morgan fingerprint density at radius 2 is 1.79 bits per heavy atom. The molecule has 0 saturated carbocycles. The summed E-state index contributed by atoms with van der Waals surface area (Å²) < 4.78 is 31.5. The van der Waals surface area contributed by atoms with Gasteiger partial charge in [0.2, 0.25) is 5.09 Å². The maximum Gasteiger partial charge on any atom is 0.295 e. The largest absolute Gasteiger partial charge is 0.446 e. The quantitative estimate of drug-likeness (QED) is 0.907. The van der Waals surface area contributed by atoms with Crippen molar-refractivity contribution in [1.29, 1.82) is 0 Å². The summed E-state index contributed by atoms with van der Waals surface area (Å²) in [6.45, 7) is 0.113. The van der Waals surface area contributed by atoms with Gasteiger partial charge in [-0.3, -0.25) is 4.72 Å². The topological polar surface area (TPSA) is 85.3 Å². The predicted octanol–water partition coefficient (Wildman–Crippen LogP) is 2.85. The smallest absolute Gasteiger partial charge is 0.295 e. The van der Waals surface area contributed by atoms with Crippen molar-refractivity contribution in [2.75, 3.05) is 4.72 Å². The second-order valence-corrected chi connectivity index (χ2v) is 6.05. The van der Waals surface area contributed by atoms with Crippen LogP contribution in [0, 0.1) is 0 Å². The van der Waals surface area contributed by atoms with E-state index in [1.807, 2.05) is 0 Å². The number of nitrogens with one attached hydrogen (secondary N) is 1. The molecule has 0 unspecified atom stereocenters. The zero-order valence-corrected chi connectivity index (χ0v) is 11.9. The van der Waals surface area contributed by atoms with Gasteiger partial charge in [0.15, 0.2) is 0 Å². The van der Waals surface area contributed by atoms with E-state index in [0.717, 1.165) is 0 Å². The Morgan fingerprint density at radius 1 is 1.16 bits per heavy atom. The van der Waals surface area contributed by atoms with Gasteiger partial charge in [0, 0.05) is 0 Å². The highest BCUT2D eigenvalue weighted by Gasteiger charge is 2.21. The third-order valence-corrected chi connectivity index (χ3v) is 4.15. The number of benzene rings is 1. The third-order valence-electron chi connectivity index (χ3n) is 2.30. The molecule has 0 fully saturated rings. The zero-order chi connectivity index (χ0) is 14.0. The van der Waals surface area contributed by atoms with Crippen LogP contribution in [-0.4, -0.2) is 8.42 Å². The highest BCUT2D eigenvalue weighted by Crippen LogP contribution is 2.32. The Hall–Kier alpha value is -1.21. The molecule has 0 aliphatic carbocycles. The summed E-state index contributed by atoms with van der Waals surface area (Å²) in [5, 5.41) is 0.146. The molecular weight excluding hydrogens is 311 g/mol. The number of para-hydroxylation sites is 1. The lowest BCUT2D eigenvalue weighted by Crippen LogP contribution is -2.12. The van der Waals surface area contributed by atoms with E-state index in [1.54, 1.807) is 6.07 Å². The Balaban J connectivity index is 2.36. The molecule has 0 saturated heterocycles. The predicted molar refractivity (Wildman–Crippen MR) is 73.9 cm³/mol. The molecule has 0 bridgehead atoms. The summed E-state index contributed by atoms with van der Waals surface area (Å²) in [5.41, 5.74) is 5.46. The number of anilines is 1. The molecule has 2 rings (SSSR count). The van der Waals surface area contributed by atoms with E-state index in [-0.39, 0.29) is 27.4 Å². The van der Waals surface area contributed by atoms with Gasteiger partial charge in [-0.2, -0.15) is 8.42 Å². The number of furan rings is 1. The van der Waals surface area contributed by atoms with Gasteiger partial charge in [-0.15, -0.1) is 0 Å². The third kappa shape index (κ3) is 3.03. The van der Waals surface area contributed by atoms with Crippen molar-refractivity contribution in [2.24, 2.45) is 5.73 Å². The maximum atomic E-state index is 12.1. The fraction of sp³-hybridized carbons (Fsp3) is 0.0909. The number of hydrogen-bond donors (Lipinski definition) is 2. The van der Waals surface area contributed by atoms with Crippen LogP contribution in [0.5, 0.6) is 0 Å². The lowest BCUT2D eigenvalue weighted by molar-refractivity contribution is 0.417. The van der Waals surface area contributed by atoms with E-state index in [0.29, 0.717) is 5.76 Å². The van der Waals surface area contributed by atoms with Gasteiger partial charge in [0.05, 0.1) is 22.3 Å². The minimum Gasteiger partial charge on any atom is -0.446 e. The number of nitrogens with two attached hydrogens (primary N) is 1. The lowest BCUT2D eigenvalue weighted by atomic mass is 10.3. The summed E-state index contributed by atoms with van der Waals surface area (Å²) in [7, 11) is -3.89. The van der Waals surface area contributed by atoms with Crippen LogP contribution >= 0.6 is 23.2 Å². The number of halogens is 2. The molecule has 0 aliphatic heterocycles. The Bertz CT molecular complexity index is 677. The summed E-state index contributed by atoms with van der Waals surface area (Å²) in [4.78, 5) is 0. The van der Waals surface area contributed by atoms with Gasteiger partial charge >= 0.3 is 0 Å². The molecular formula is C11H10Cl2N2O3S. The average molecular weight is 321 g/mol. The van der Waals surface area contributed by atoms with Crippen molar-refractivity contribution in [3.8, 4) is 0 Å². The molecule has 19 heavy (non-hydrogen) atoms. The minimum atomic E-state index is -3.89. The van der Waals surface area contributed by atoms with Crippen molar-refractivity contribution in [1.82, 2.24) is 0 Å². The van der Waals surface area contributed by atoms with Gasteiger partial charge in [-0.05, 0) is 24.3 Å². The second kappa shape index (κ2) is 5.42. The van der Waals surface area contributed by atoms with Gasteiger partial charge < -0.3 is 10.2 Å². The van der Waals surface area contributed by atoms with Crippen LogP contribution in [0.4, 0.5) is 5.69 Å². The van der Waals surface area contributed by atoms with Crippen LogP contribution in [-0.2, 0) is 16.6 Å². The van der Waals surface area contributed by atoms with Gasteiger partial charge in [-0.25, -0.2) is 0 Å². The molecule has 0 radical (unpaired) electrons. The molecule has 1 aromatic heterocycles. The normalized spacial score (nSPS) is 11.5. The molecule has 0 amide bonds. The monoisotopic (exact) mass is 320 g/mol. The van der Waals surface area contributed by atoms with Crippen LogP contribution in [0.25, 0.3) is 0 Å². The van der Waals surface area contributed by atoms with E-state index >= 15 is 0 Å². The molecule has 3 N–H and O–H groups in total. The maximum absolute atomic E-state index is 12.1. The van der Waals surface area contributed by atoms with E-state index < -0.39 is 10.0 Å². The first-order valence-corrected chi connectivity index (χ1v) is 7.43. The SMILES string of the molecule is NCc1ccc(S(=O)(=O)Nc2c(Cl)cccc2Cl)o1. The first-order chi connectivity index (χ1) is 8.94. The molecule has 1 aromatic carbocycles. The molecule has 1 heterocycles. The van der Waals surface area contributed by atoms with E-state index in [2.05, 4.69) is 4.72 Å². The molecule has 5 nitrogen and oxygen atoms in total. The fourth-order valence-electron chi connectivity index (χ4n) is 1.39. The molecule has 2 aromatic rings. The lowest BCUT2D eigenvalue weighted by Gasteiger charge is -2.09. The number of rotatable bonds is 4. The molecule has 0 atom stereocenters. The van der Waals surface area contributed by atoms with Crippen LogP contribution in [0.3, 0.4) is 0 Å². The molecule has 8 heteroatoms. The Morgan fingerprint density at radius 3 is 2.32 bits per heavy atom. The summed E-state index contributed by atoms with van der Waals surface area (Å²) in [6, 6.07) is 7.47. The summed E-state index contributed by atoms with van der Waals surface area (Å²) >= 11 is 11.8. The molecule has 0 spiro atoms. The van der Waals surface area contributed by atoms with Crippen molar-refractivity contribution >= 4 is 38.9 Å². The zero-order valence-electron chi connectivity index (χ0n) is 9.56. The van der Waals surface area contributed by atoms with Crippen LogP contribution in [0.15, 0.2) is 39.8 Å². The summed E-state index contributed by atoms with van der Waals surface area (Å²) in [5.74, 6) is 0.366. The van der Waals surface area contributed by atoms with Gasteiger partial charge in [0.1, 0.15) is 5.76 Å². The highest BCUT2D eigenvalue weighted by molar-refractivity contribution is 7.92. The highest BCUT2D eigenvalue weighted by atomic mass is 35.5. The first-order valence-electron chi connectivity index (χ1n) is 5.19. The van der Waals surface area contributed by atoms with Crippen molar-refractivity contribution in [3.63, 3.8) is 0 Å². The van der Waals surface area contributed by atoms with Crippen LogP contribution in [0.1, 0.15) is 5.76 Å². The number of sulfonamides is 1. The van der Waals surface area contributed by atoms with Crippen LogP contribution in [0.2, 0.25) is 10.0 Å². The fourth-order valence-corrected chi connectivity index (χ4v) is 3.05. The van der Waals surface area contributed by atoms with Crippen molar-refractivity contribution < 1.29 is 12.8 Å². The Kier molecular flexibility index (Phi) is 4.05. The summed E-state index contributed by atoms with van der Waals surface area (Å²) in [6.07, 6.45) is 0. The molecule has 0 aliphatic rings. The van der Waals surface area contributed by atoms with Gasteiger partial charge in [-0.1, -0.05) is 29.3 Å². The first kappa shape index (κ1) is 14.2. The second-order valence-electron chi connectivity index (χ2n) is 3.63. The molecule has 102 valence electrons. The minimum absolute atomic E-state index is 0.108. The number of hydrogen-bond acceptors (Lipinski definition) is 4. The van der Waals surface area contributed by atoms with E-state index in [4.69, 9.17) is 33.4 Å². The van der Waals surface area contributed by atoms with E-state index in [1.165, 1.54) is 24.3 Å². The average Bonchev–Trinajstić information content (AvgIpc) is 2.83. The Labute approximate surface area is 120 Å². The van der Waals surface area contributed by atoms with Crippen molar-refractivity contribution in [2.45, 2.75) is 11.6 Å².